The van der Waals surface area contributed by atoms with Crippen LogP contribution in [0.5, 0.6) is 0 Å². The topological polar surface area (TPSA) is 108 Å². The third-order valence-electron chi connectivity index (χ3n) is 5.75. The number of fused-ring (bicyclic) bond motifs is 1. The number of hydrogen-bond donors (Lipinski definition) is 4. The van der Waals surface area contributed by atoms with Crippen molar-refractivity contribution < 1.29 is 9.59 Å². The number of nitrogens with two attached hydrogens (primary N) is 1. The Bertz CT molecular complexity index is 1330. The average molecular weight is 451 g/mol. The minimum Gasteiger partial charge on any atom is -0.384 e. The number of amides is 2. The van der Waals surface area contributed by atoms with E-state index in [1.54, 1.807) is 48.5 Å². The largest absolute Gasteiger partial charge is 0.384 e. The normalized spacial score (nSPS) is 12.5. The maximum Gasteiger partial charge on any atom is 0.241 e. The van der Waals surface area contributed by atoms with E-state index in [-0.39, 0.29) is 17.8 Å². The molecule has 0 radical (unpaired) electrons. The molecular formula is C28H26N4O2. The fourth-order valence-electron chi connectivity index (χ4n) is 3.87. The number of anilines is 1. The van der Waals surface area contributed by atoms with Crippen molar-refractivity contribution in [2.45, 2.75) is 18.9 Å². The standard InChI is InChI=1S/C28H26N4O2/c1-18(22-12-11-19-7-5-6-10-23(19)17-22)31-27(33)25(20-8-3-2-4-9-20)28(34)32-24-15-13-21(14-16-24)26(29)30/h2-18,25H,1H3,(H3,29,30)(H,31,33)(H,32,34)/t18-,25+/m0/s1. The molecule has 0 unspecified atom stereocenters. The molecule has 0 saturated heterocycles. The van der Waals surface area contributed by atoms with Crippen LogP contribution in [-0.4, -0.2) is 17.6 Å². The summed E-state index contributed by atoms with van der Waals surface area (Å²) in [4.78, 5) is 26.6. The maximum absolute atomic E-state index is 13.3. The van der Waals surface area contributed by atoms with E-state index >= 15 is 0 Å². The van der Waals surface area contributed by atoms with Gasteiger partial charge in [0.25, 0.3) is 0 Å². The Hall–Kier alpha value is -4.45. The van der Waals surface area contributed by atoms with E-state index < -0.39 is 11.8 Å². The van der Waals surface area contributed by atoms with Crippen molar-refractivity contribution in [2.75, 3.05) is 5.32 Å². The van der Waals surface area contributed by atoms with E-state index in [4.69, 9.17) is 11.1 Å². The van der Waals surface area contributed by atoms with Crippen LogP contribution in [0.15, 0.2) is 97.1 Å². The smallest absolute Gasteiger partial charge is 0.241 e. The molecule has 0 spiro atoms. The molecule has 0 aliphatic rings. The molecule has 0 saturated carbocycles. The summed E-state index contributed by atoms with van der Waals surface area (Å²) in [7, 11) is 0. The number of hydrogen-bond acceptors (Lipinski definition) is 3. The SMILES string of the molecule is C[C@H](NC(=O)[C@H](C(=O)Nc1ccc(C(=N)N)cc1)c1ccccc1)c1ccc2ccccc2c1. The zero-order valence-corrected chi connectivity index (χ0v) is 18.8. The molecule has 2 atom stereocenters. The quantitative estimate of drug-likeness (QED) is 0.186. The van der Waals surface area contributed by atoms with E-state index in [0.29, 0.717) is 16.8 Å². The second-order valence-corrected chi connectivity index (χ2v) is 8.16. The fourth-order valence-corrected chi connectivity index (χ4v) is 3.87. The molecule has 0 aliphatic carbocycles. The lowest BCUT2D eigenvalue weighted by Gasteiger charge is -2.21. The number of nitrogens with one attached hydrogen (secondary N) is 3. The monoisotopic (exact) mass is 450 g/mol. The molecule has 6 heteroatoms. The number of benzene rings is 4. The van der Waals surface area contributed by atoms with Gasteiger partial charge in [-0.25, -0.2) is 0 Å². The Morgan fingerprint density at radius 2 is 1.41 bits per heavy atom. The number of carbonyl (C=O) groups is 2. The molecule has 6 nitrogen and oxygen atoms in total. The summed E-state index contributed by atoms with van der Waals surface area (Å²) in [6, 6.07) is 29.4. The van der Waals surface area contributed by atoms with Crippen LogP contribution < -0.4 is 16.4 Å². The van der Waals surface area contributed by atoms with Crippen molar-refractivity contribution in [3.8, 4) is 0 Å². The van der Waals surface area contributed by atoms with Crippen LogP contribution in [0.1, 0.15) is 35.6 Å². The van der Waals surface area contributed by atoms with Gasteiger partial charge >= 0.3 is 0 Å². The Balaban J connectivity index is 1.55. The molecule has 0 bridgehead atoms. The summed E-state index contributed by atoms with van der Waals surface area (Å²) in [5, 5.41) is 15.5. The minimum atomic E-state index is -1.03. The van der Waals surface area contributed by atoms with Gasteiger partial charge in [-0.05, 0) is 59.2 Å². The number of nitrogen functional groups attached to an aromatic ring is 1. The Kier molecular flexibility index (Phi) is 6.69. The predicted octanol–water partition coefficient (Wildman–Crippen LogP) is 4.72. The summed E-state index contributed by atoms with van der Waals surface area (Å²) in [5.74, 6) is -1.91. The molecule has 170 valence electrons. The fraction of sp³-hybridized carbons (Fsp3) is 0.107. The molecule has 0 heterocycles. The van der Waals surface area contributed by atoms with Gasteiger partial charge in [-0.2, -0.15) is 0 Å². The first-order valence-corrected chi connectivity index (χ1v) is 11.0. The van der Waals surface area contributed by atoms with E-state index in [0.717, 1.165) is 16.3 Å². The van der Waals surface area contributed by atoms with Gasteiger partial charge in [0, 0.05) is 11.3 Å². The molecule has 0 aromatic heterocycles. The lowest BCUT2D eigenvalue weighted by atomic mass is 9.95. The maximum atomic E-state index is 13.3. The Labute approximate surface area is 198 Å². The first kappa shape index (κ1) is 22.7. The van der Waals surface area contributed by atoms with Crippen molar-refractivity contribution in [1.82, 2.24) is 5.32 Å². The third-order valence-corrected chi connectivity index (χ3v) is 5.75. The lowest BCUT2D eigenvalue weighted by molar-refractivity contribution is -0.129. The van der Waals surface area contributed by atoms with E-state index in [2.05, 4.69) is 16.7 Å². The van der Waals surface area contributed by atoms with Crippen LogP contribution in [0, 0.1) is 5.41 Å². The van der Waals surface area contributed by atoms with Gasteiger partial charge in [0.1, 0.15) is 11.8 Å². The van der Waals surface area contributed by atoms with Gasteiger partial charge in [0.2, 0.25) is 11.8 Å². The number of rotatable bonds is 7. The molecule has 5 N–H and O–H groups in total. The number of amidine groups is 1. The molecular weight excluding hydrogens is 424 g/mol. The summed E-state index contributed by atoms with van der Waals surface area (Å²) < 4.78 is 0. The molecule has 2 amide bonds. The van der Waals surface area contributed by atoms with Crippen LogP contribution in [0.25, 0.3) is 10.8 Å². The van der Waals surface area contributed by atoms with Crippen molar-refractivity contribution in [1.29, 1.82) is 5.41 Å². The highest BCUT2D eigenvalue weighted by Gasteiger charge is 2.29. The first-order chi connectivity index (χ1) is 16.4. The van der Waals surface area contributed by atoms with Crippen molar-refractivity contribution >= 4 is 34.1 Å². The van der Waals surface area contributed by atoms with Gasteiger partial charge in [0.15, 0.2) is 0 Å². The van der Waals surface area contributed by atoms with Crippen LogP contribution in [0.3, 0.4) is 0 Å². The van der Waals surface area contributed by atoms with Gasteiger partial charge in [-0.15, -0.1) is 0 Å². The number of carbonyl (C=O) groups excluding carboxylic acids is 2. The Morgan fingerprint density at radius 1 is 0.765 bits per heavy atom. The predicted molar refractivity (Wildman–Crippen MR) is 136 cm³/mol. The van der Waals surface area contributed by atoms with Crippen molar-refractivity contribution in [3.63, 3.8) is 0 Å². The summed E-state index contributed by atoms with van der Waals surface area (Å²) in [5.41, 5.74) is 8.13. The summed E-state index contributed by atoms with van der Waals surface area (Å²) in [6.45, 7) is 1.91. The summed E-state index contributed by atoms with van der Waals surface area (Å²) >= 11 is 0. The zero-order chi connectivity index (χ0) is 24.1. The molecule has 0 fully saturated rings. The van der Waals surface area contributed by atoms with Crippen molar-refractivity contribution in [3.05, 3.63) is 114 Å². The molecule has 4 aromatic carbocycles. The highest BCUT2D eigenvalue weighted by atomic mass is 16.2. The molecule has 34 heavy (non-hydrogen) atoms. The van der Waals surface area contributed by atoms with E-state index in [9.17, 15) is 9.59 Å². The van der Waals surface area contributed by atoms with Gasteiger partial charge < -0.3 is 16.4 Å². The zero-order valence-electron chi connectivity index (χ0n) is 18.8. The average Bonchev–Trinajstić information content (AvgIpc) is 2.84. The van der Waals surface area contributed by atoms with Crippen LogP contribution >= 0.6 is 0 Å². The molecule has 4 aromatic rings. The lowest BCUT2D eigenvalue weighted by Crippen LogP contribution is -2.37. The Morgan fingerprint density at radius 3 is 2.09 bits per heavy atom. The highest BCUT2D eigenvalue weighted by molar-refractivity contribution is 6.11. The molecule has 4 rings (SSSR count). The summed E-state index contributed by atoms with van der Waals surface area (Å²) in [6.07, 6.45) is 0. The van der Waals surface area contributed by atoms with Crippen LogP contribution in [0.2, 0.25) is 0 Å². The van der Waals surface area contributed by atoms with Gasteiger partial charge in [-0.1, -0.05) is 66.7 Å². The third kappa shape index (κ3) is 5.13. The molecule has 0 aliphatic heterocycles. The second-order valence-electron chi connectivity index (χ2n) is 8.16. The van der Waals surface area contributed by atoms with E-state index in [1.165, 1.54) is 0 Å². The second kappa shape index (κ2) is 10.0. The van der Waals surface area contributed by atoms with Gasteiger partial charge in [-0.3, -0.25) is 15.0 Å². The minimum absolute atomic E-state index is 0.0536. The van der Waals surface area contributed by atoms with E-state index in [1.807, 2.05) is 49.4 Å². The first-order valence-electron chi connectivity index (χ1n) is 11.0. The highest BCUT2D eigenvalue weighted by Crippen LogP contribution is 2.23. The van der Waals surface area contributed by atoms with Gasteiger partial charge in [0.05, 0.1) is 6.04 Å². The van der Waals surface area contributed by atoms with Crippen LogP contribution in [-0.2, 0) is 9.59 Å². The van der Waals surface area contributed by atoms with Crippen molar-refractivity contribution in [2.24, 2.45) is 5.73 Å². The van der Waals surface area contributed by atoms with Crippen LogP contribution in [0.4, 0.5) is 5.69 Å².